The van der Waals surface area contributed by atoms with E-state index in [0.29, 0.717) is 34.0 Å². The number of fused-ring (bicyclic) bond motifs is 2. The van der Waals surface area contributed by atoms with Crippen molar-refractivity contribution in [3.63, 3.8) is 0 Å². The minimum Gasteiger partial charge on any atom is -0.375 e. The first-order chi connectivity index (χ1) is 16.6. The molecule has 1 aliphatic heterocycles. The van der Waals surface area contributed by atoms with Gasteiger partial charge in [0.15, 0.2) is 15.4 Å². The summed E-state index contributed by atoms with van der Waals surface area (Å²) in [7, 11) is -3.27. The molecule has 35 heavy (non-hydrogen) atoms. The number of nitrogens with one attached hydrogen (secondary N) is 2. The van der Waals surface area contributed by atoms with E-state index in [0.717, 1.165) is 17.0 Å². The molecule has 1 amide bonds. The molecule has 0 saturated heterocycles. The van der Waals surface area contributed by atoms with Crippen LogP contribution in [0, 0.1) is 11.8 Å². The molecule has 0 bridgehead atoms. The topological polar surface area (TPSA) is 121 Å². The van der Waals surface area contributed by atoms with Gasteiger partial charge in [0, 0.05) is 51.9 Å². The monoisotopic (exact) mass is 484 g/mol. The number of nitrogens with zero attached hydrogens (tertiary/aromatic N) is 2. The molecule has 3 N–H and O–H groups in total. The van der Waals surface area contributed by atoms with Gasteiger partial charge in [0.05, 0.1) is 4.90 Å². The quantitative estimate of drug-likeness (QED) is 0.381. The van der Waals surface area contributed by atoms with Crippen LogP contribution in [0.4, 0.5) is 17.2 Å². The Kier molecular flexibility index (Phi) is 5.28. The Morgan fingerprint density at radius 2 is 1.80 bits per heavy atom. The molecule has 8 nitrogen and oxygen atoms in total. The zero-order valence-corrected chi connectivity index (χ0v) is 19.6. The van der Waals surface area contributed by atoms with Crippen molar-refractivity contribution in [2.24, 2.45) is 0 Å². The summed E-state index contributed by atoms with van der Waals surface area (Å²) in [4.78, 5) is 21.0. The molecule has 9 heteroatoms. The molecule has 0 fully saturated rings. The van der Waals surface area contributed by atoms with Crippen molar-refractivity contribution < 1.29 is 18.3 Å². The van der Waals surface area contributed by atoms with Crippen molar-refractivity contribution in [2.75, 3.05) is 16.9 Å². The number of amides is 1. The van der Waals surface area contributed by atoms with Crippen LogP contribution in [0.1, 0.15) is 23.7 Å². The Morgan fingerprint density at radius 1 is 1.03 bits per heavy atom. The predicted molar refractivity (Wildman–Crippen MR) is 133 cm³/mol. The normalized spacial score (nSPS) is 16.8. The molecule has 2 aromatic heterocycles. The zero-order chi connectivity index (χ0) is 24.8. The van der Waals surface area contributed by atoms with Crippen LogP contribution in [0.15, 0.2) is 71.9 Å². The number of hydrogen-bond acceptors (Lipinski definition) is 7. The number of pyridine rings is 2. The van der Waals surface area contributed by atoms with E-state index in [-0.39, 0.29) is 4.90 Å². The van der Waals surface area contributed by atoms with Crippen LogP contribution in [-0.4, -0.2) is 35.7 Å². The van der Waals surface area contributed by atoms with Crippen molar-refractivity contribution in [2.45, 2.75) is 17.4 Å². The standard InChI is InChI=1S/C26H20N4O4S/c1-26(32)21-9-3-16(13-23(21)30-25(26)31)4-10-22-20-14-24(28-15-17(20)11-12-27-22)29-18-5-7-19(8-6-18)35(2,33)34/h3,5-9,11-15,32H,1-2H3,(H,28,29)(H,30,31). The lowest BCUT2D eigenvalue weighted by Gasteiger charge is -2.13. The average molecular weight is 485 g/mol. The maximum absolute atomic E-state index is 12.0. The van der Waals surface area contributed by atoms with Crippen LogP contribution in [-0.2, 0) is 20.2 Å². The number of rotatable bonds is 3. The van der Waals surface area contributed by atoms with Crippen LogP contribution in [0.3, 0.4) is 0 Å². The van der Waals surface area contributed by atoms with Gasteiger partial charge in [0.2, 0.25) is 0 Å². The third kappa shape index (κ3) is 4.33. The number of carbonyl (C=O) groups excluding carboxylic acids is 1. The lowest BCUT2D eigenvalue weighted by atomic mass is 9.97. The summed E-state index contributed by atoms with van der Waals surface area (Å²) in [5, 5.41) is 17.8. The molecule has 0 radical (unpaired) electrons. The highest BCUT2D eigenvalue weighted by Gasteiger charge is 2.40. The van der Waals surface area contributed by atoms with E-state index in [1.807, 2.05) is 12.1 Å². The summed E-state index contributed by atoms with van der Waals surface area (Å²) in [5.74, 6) is 6.25. The first-order valence-electron chi connectivity index (χ1n) is 10.6. The van der Waals surface area contributed by atoms with Gasteiger partial charge >= 0.3 is 0 Å². The van der Waals surface area contributed by atoms with Crippen molar-refractivity contribution in [1.29, 1.82) is 0 Å². The molecular weight excluding hydrogens is 464 g/mol. The van der Waals surface area contributed by atoms with Crippen LogP contribution in [0.25, 0.3) is 10.8 Å². The second-order valence-electron chi connectivity index (χ2n) is 8.41. The Bertz CT molecular complexity index is 1670. The minimum absolute atomic E-state index is 0.242. The van der Waals surface area contributed by atoms with E-state index in [2.05, 4.69) is 32.4 Å². The average Bonchev–Trinajstić information content (AvgIpc) is 3.05. The number of anilines is 3. The SMILES string of the molecule is CC1(O)C(=O)Nc2cc(C#Cc3nccc4cnc(Nc5ccc(S(C)(=O)=O)cc5)cc34)ccc21. The molecule has 1 aliphatic rings. The fourth-order valence-electron chi connectivity index (χ4n) is 3.81. The fourth-order valence-corrected chi connectivity index (χ4v) is 4.44. The highest BCUT2D eigenvalue weighted by atomic mass is 32.2. The molecule has 0 saturated carbocycles. The Hall–Kier alpha value is -4.26. The first kappa shape index (κ1) is 22.5. The number of aliphatic hydroxyl groups is 1. The number of aromatic nitrogens is 2. The number of carbonyl (C=O) groups is 1. The largest absolute Gasteiger partial charge is 0.375 e. The molecule has 1 unspecified atom stereocenters. The predicted octanol–water partition coefficient (Wildman–Crippen LogP) is 3.34. The maximum atomic E-state index is 12.0. The molecule has 0 aliphatic carbocycles. The number of benzene rings is 2. The Morgan fingerprint density at radius 3 is 2.54 bits per heavy atom. The highest BCUT2D eigenvalue weighted by Crippen LogP contribution is 2.35. The summed E-state index contributed by atoms with van der Waals surface area (Å²) in [6, 6.07) is 15.3. The van der Waals surface area contributed by atoms with Gasteiger partial charge in [0.25, 0.3) is 5.91 Å². The van der Waals surface area contributed by atoms with E-state index in [1.54, 1.807) is 42.7 Å². The second kappa shape index (κ2) is 8.20. The van der Waals surface area contributed by atoms with Crippen molar-refractivity contribution in [3.8, 4) is 11.8 Å². The summed E-state index contributed by atoms with van der Waals surface area (Å²) in [6.45, 7) is 1.46. The Labute approximate surface area is 202 Å². The van der Waals surface area contributed by atoms with Crippen molar-refractivity contribution in [1.82, 2.24) is 9.97 Å². The van der Waals surface area contributed by atoms with Gasteiger partial charge in [0.1, 0.15) is 11.5 Å². The van der Waals surface area contributed by atoms with E-state index < -0.39 is 21.3 Å². The highest BCUT2D eigenvalue weighted by molar-refractivity contribution is 7.90. The second-order valence-corrected chi connectivity index (χ2v) is 10.4. The van der Waals surface area contributed by atoms with Crippen molar-refractivity contribution in [3.05, 3.63) is 83.8 Å². The minimum atomic E-state index is -3.27. The van der Waals surface area contributed by atoms with E-state index in [4.69, 9.17) is 0 Å². The third-order valence-electron chi connectivity index (χ3n) is 5.76. The molecule has 0 spiro atoms. The molecule has 4 aromatic rings. The van der Waals surface area contributed by atoms with Gasteiger partial charge in [-0.2, -0.15) is 0 Å². The number of sulfone groups is 1. The van der Waals surface area contributed by atoms with Gasteiger partial charge in [-0.1, -0.05) is 12.0 Å². The number of hydrogen-bond donors (Lipinski definition) is 3. The molecule has 3 heterocycles. The van der Waals surface area contributed by atoms with Crippen LogP contribution < -0.4 is 10.6 Å². The summed E-state index contributed by atoms with van der Waals surface area (Å²) in [6.07, 6.45) is 4.53. The van der Waals surface area contributed by atoms with E-state index in [9.17, 15) is 18.3 Å². The third-order valence-corrected chi connectivity index (χ3v) is 6.89. The first-order valence-corrected chi connectivity index (χ1v) is 12.5. The van der Waals surface area contributed by atoms with Gasteiger partial charge in [-0.3, -0.25) is 4.79 Å². The van der Waals surface area contributed by atoms with Crippen molar-refractivity contribution >= 4 is 43.7 Å². The molecule has 1 atom stereocenters. The molecular formula is C26H20N4O4S. The summed E-state index contributed by atoms with van der Waals surface area (Å²) >= 11 is 0. The van der Waals surface area contributed by atoms with Crippen LogP contribution in [0.5, 0.6) is 0 Å². The maximum Gasteiger partial charge on any atom is 0.260 e. The zero-order valence-electron chi connectivity index (χ0n) is 18.8. The van der Waals surface area contributed by atoms with Gasteiger partial charge in [-0.15, -0.1) is 0 Å². The van der Waals surface area contributed by atoms with E-state index in [1.165, 1.54) is 19.1 Å². The summed E-state index contributed by atoms with van der Waals surface area (Å²) in [5.41, 5.74) is 1.41. The van der Waals surface area contributed by atoms with E-state index >= 15 is 0 Å². The van der Waals surface area contributed by atoms with Gasteiger partial charge in [-0.05, 0) is 61.4 Å². The smallest absolute Gasteiger partial charge is 0.260 e. The van der Waals surface area contributed by atoms with Crippen LogP contribution >= 0.6 is 0 Å². The lowest BCUT2D eigenvalue weighted by Crippen LogP contribution is -2.30. The molecule has 5 rings (SSSR count). The Balaban J connectivity index is 1.45. The van der Waals surface area contributed by atoms with Gasteiger partial charge in [-0.25, -0.2) is 18.4 Å². The van der Waals surface area contributed by atoms with Crippen LogP contribution in [0.2, 0.25) is 0 Å². The van der Waals surface area contributed by atoms with Gasteiger partial charge < -0.3 is 15.7 Å². The molecule has 174 valence electrons. The molecule has 2 aromatic carbocycles. The fraction of sp³-hybridized carbons (Fsp3) is 0.115. The summed E-state index contributed by atoms with van der Waals surface area (Å²) < 4.78 is 23.3. The lowest BCUT2D eigenvalue weighted by molar-refractivity contribution is -0.131.